The number of nitrogens with zero attached hydrogens (tertiary/aromatic N) is 1. The van der Waals surface area contributed by atoms with Crippen molar-refractivity contribution in [1.82, 2.24) is 10.5 Å². The Morgan fingerprint density at radius 3 is 2.65 bits per heavy atom. The average molecular weight is 378 g/mol. The summed E-state index contributed by atoms with van der Waals surface area (Å²) in [5.74, 6) is 0.150. The molecule has 1 aromatic heterocycles. The molecule has 106 valence electrons. The number of rotatable bonds is 4. The first-order valence-corrected chi connectivity index (χ1v) is 7.68. The summed E-state index contributed by atoms with van der Waals surface area (Å²) >= 11 is 15.5. The monoisotopic (exact) mass is 376 g/mol. The molecule has 7 heteroatoms. The van der Waals surface area contributed by atoms with Crippen molar-refractivity contribution in [2.75, 3.05) is 11.9 Å². The standard InChI is InChI=1S/C13H11BrCl2N2O2/c1-7-10(13(19)17-6-5-14)12(18-20-7)11-8(15)3-2-4-9(11)16/h2-4H,5-6H2,1H3,(H,17,19). The van der Waals surface area contributed by atoms with Crippen molar-refractivity contribution in [2.24, 2.45) is 0 Å². The summed E-state index contributed by atoms with van der Waals surface area (Å²) in [6, 6.07) is 5.10. The number of hydrogen-bond acceptors (Lipinski definition) is 3. The number of alkyl halides is 1. The summed E-state index contributed by atoms with van der Waals surface area (Å²) in [6.45, 7) is 2.17. The molecule has 0 saturated carbocycles. The second-order valence-electron chi connectivity index (χ2n) is 4.00. The van der Waals surface area contributed by atoms with Gasteiger partial charge in [0.05, 0.1) is 10.0 Å². The molecular formula is C13H11BrCl2N2O2. The van der Waals surface area contributed by atoms with E-state index in [1.807, 2.05) is 0 Å². The molecule has 0 aliphatic carbocycles. The van der Waals surface area contributed by atoms with Crippen molar-refractivity contribution in [2.45, 2.75) is 6.92 Å². The van der Waals surface area contributed by atoms with Gasteiger partial charge in [-0.15, -0.1) is 0 Å². The van der Waals surface area contributed by atoms with Gasteiger partial charge in [0.15, 0.2) is 0 Å². The van der Waals surface area contributed by atoms with Crippen molar-refractivity contribution in [3.8, 4) is 11.3 Å². The highest BCUT2D eigenvalue weighted by Gasteiger charge is 2.24. The number of carbonyl (C=O) groups is 1. The Morgan fingerprint density at radius 2 is 2.05 bits per heavy atom. The van der Waals surface area contributed by atoms with Crippen molar-refractivity contribution < 1.29 is 9.32 Å². The summed E-state index contributed by atoms with van der Waals surface area (Å²) in [5, 5.41) is 8.16. The Bertz CT molecular complexity index is 623. The minimum Gasteiger partial charge on any atom is -0.360 e. The molecule has 0 aliphatic rings. The summed E-state index contributed by atoms with van der Waals surface area (Å²) in [7, 11) is 0. The van der Waals surface area contributed by atoms with E-state index in [0.29, 0.717) is 44.5 Å². The minimum atomic E-state index is -0.269. The van der Waals surface area contributed by atoms with Crippen molar-refractivity contribution in [1.29, 1.82) is 0 Å². The topological polar surface area (TPSA) is 55.1 Å². The van der Waals surface area contributed by atoms with E-state index >= 15 is 0 Å². The van der Waals surface area contributed by atoms with Gasteiger partial charge in [-0.25, -0.2) is 0 Å². The Balaban J connectivity index is 2.51. The molecular weight excluding hydrogens is 367 g/mol. The number of benzene rings is 1. The summed E-state index contributed by atoms with van der Waals surface area (Å²) in [4.78, 5) is 12.2. The third-order valence-electron chi connectivity index (χ3n) is 2.67. The van der Waals surface area contributed by atoms with Crippen LogP contribution in [0.2, 0.25) is 10.0 Å². The first-order valence-electron chi connectivity index (χ1n) is 5.81. The summed E-state index contributed by atoms with van der Waals surface area (Å²) < 4.78 is 5.12. The molecule has 4 nitrogen and oxygen atoms in total. The number of amides is 1. The molecule has 0 unspecified atom stereocenters. The molecule has 0 fully saturated rings. The van der Waals surface area contributed by atoms with Crippen molar-refractivity contribution in [3.63, 3.8) is 0 Å². The smallest absolute Gasteiger partial charge is 0.257 e. The number of aryl methyl sites for hydroxylation is 1. The van der Waals surface area contributed by atoms with Crippen LogP contribution in [0.15, 0.2) is 22.7 Å². The molecule has 0 atom stereocenters. The molecule has 0 saturated heterocycles. The highest BCUT2D eigenvalue weighted by molar-refractivity contribution is 9.09. The number of hydrogen-bond donors (Lipinski definition) is 1. The zero-order valence-electron chi connectivity index (χ0n) is 10.5. The van der Waals surface area contributed by atoms with Crippen molar-refractivity contribution >= 4 is 45.0 Å². The van der Waals surface area contributed by atoms with Gasteiger partial charge in [-0.05, 0) is 19.1 Å². The van der Waals surface area contributed by atoms with E-state index in [4.69, 9.17) is 27.7 Å². The maximum absolute atomic E-state index is 12.2. The summed E-state index contributed by atoms with van der Waals surface area (Å²) in [5.41, 5.74) is 1.20. The van der Waals surface area contributed by atoms with E-state index in [1.165, 1.54) is 0 Å². The SMILES string of the molecule is Cc1onc(-c2c(Cl)cccc2Cl)c1C(=O)NCCBr. The molecule has 1 heterocycles. The fraction of sp³-hybridized carbons (Fsp3) is 0.231. The number of carbonyl (C=O) groups excluding carboxylic acids is 1. The average Bonchev–Trinajstić information content (AvgIpc) is 2.78. The molecule has 0 spiro atoms. The van der Waals surface area contributed by atoms with Gasteiger partial charge in [-0.3, -0.25) is 4.79 Å². The Kier molecular flexibility index (Phi) is 5.07. The minimum absolute atomic E-state index is 0.269. The largest absolute Gasteiger partial charge is 0.360 e. The van der Waals surface area contributed by atoms with Crippen LogP contribution >= 0.6 is 39.1 Å². The molecule has 0 bridgehead atoms. The maximum atomic E-state index is 12.2. The lowest BCUT2D eigenvalue weighted by Crippen LogP contribution is -2.26. The molecule has 1 N–H and O–H groups in total. The molecule has 0 radical (unpaired) electrons. The molecule has 1 amide bonds. The normalized spacial score (nSPS) is 10.6. The molecule has 2 aromatic rings. The van der Waals surface area contributed by atoms with E-state index in [9.17, 15) is 4.79 Å². The first kappa shape index (κ1) is 15.4. The number of halogens is 3. The van der Waals surface area contributed by atoms with Gasteiger partial charge < -0.3 is 9.84 Å². The Hall–Kier alpha value is -1.04. The summed E-state index contributed by atoms with van der Waals surface area (Å²) in [6.07, 6.45) is 0. The van der Waals surface area contributed by atoms with Crippen LogP contribution in [0.4, 0.5) is 0 Å². The van der Waals surface area contributed by atoms with E-state index < -0.39 is 0 Å². The third-order valence-corrected chi connectivity index (χ3v) is 3.70. The van der Waals surface area contributed by atoms with Crippen molar-refractivity contribution in [3.05, 3.63) is 39.6 Å². The van der Waals surface area contributed by atoms with Crippen LogP contribution in [0.25, 0.3) is 11.3 Å². The Labute approximate surface area is 134 Å². The lowest BCUT2D eigenvalue weighted by molar-refractivity contribution is 0.0955. The van der Waals surface area contributed by atoms with Crippen LogP contribution in [-0.2, 0) is 0 Å². The molecule has 1 aromatic carbocycles. The zero-order chi connectivity index (χ0) is 14.7. The predicted molar refractivity (Wildman–Crippen MR) is 82.8 cm³/mol. The number of aromatic nitrogens is 1. The quantitative estimate of drug-likeness (QED) is 0.816. The Morgan fingerprint density at radius 1 is 1.40 bits per heavy atom. The number of nitrogens with one attached hydrogen (secondary N) is 1. The van der Waals surface area contributed by atoms with Crippen LogP contribution in [0, 0.1) is 6.92 Å². The highest BCUT2D eigenvalue weighted by Crippen LogP contribution is 2.36. The van der Waals surface area contributed by atoms with Gasteiger partial charge in [0.2, 0.25) is 0 Å². The second-order valence-corrected chi connectivity index (χ2v) is 5.61. The van der Waals surface area contributed by atoms with Gasteiger partial charge in [0.1, 0.15) is 17.0 Å². The van der Waals surface area contributed by atoms with Crippen LogP contribution in [0.1, 0.15) is 16.1 Å². The van der Waals surface area contributed by atoms with E-state index in [-0.39, 0.29) is 5.91 Å². The molecule has 0 aliphatic heterocycles. The highest BCUT2D eigenvalue weighted by atomic mass is 79.9. The van der Waals surface area contributed by atoms with Gasteiger partial charge in [0.25, 0.3) is 5.91 Å². The van der Waals surface area contributed by atoms with E-state index in [1.54, 1.807) is 25.1 Å². The van der Waals surface area contributed by atoms with Gasteiger partial charge in [-0.2, -0.15) is 0 Å². The van der Waals surface area contributed by atoms with Crippen LogP contribution < -0.4 is 5.32 Å². The lowest BCUT2D eigenvalue weighted by atomic mass is 10.1. The fourth-order valence-corrected chi connectivity index (χ4v) is 2.56. The molecule has 20 heavy (non-hydrogen) atoms. The van der Waals surface area contributed by atoms with Crippen LogP contribution in [-0.4, -0.2) is 22.9 Å². The maximum Gasteiger partial charge on any atom is 0.257 e. The van der Waals surface area contributed by atoms with Crippen LogP contribution in [0.5, 0.6) is 0 Å². The second kappa shape index (κ2) is 6.61. The van der Waals surface area contributed by atoms with Gasteiger partial charge in [-0.1, -0.05) is 50.4 Å². The van der Waals surface area contributed by atoms with Gasteiger partial charge in [0, 0.05) is 17.4 Å². The first-order chi connectivity index (χ1) is 9.56. The van der Waals surface area contributed by atoms with Crippen LogP contribution in [0.3, 0.4) is 0 Å². The zero-order valence-corrected chi connectivity index (χ0v) is 13.6. The van der Waals surface area contributed by atoms with E-state index in [2.05, 4.69) is 26.4 Å². The lowest BCUT2D eigenvalue weighted by Gasteiger charge is -2.07. The third kappa shape index (κ3) is 3.00. The fourth-order valence-electron chi connectivity index (χ4n) is 1.78. The molecule has 2 rings (SSSR count). The van der Waals surface area contributed by atoms with E-state index in [0.717, 1.165) is 0 Å². The van der Waals surface area contributed by atoms with Gasteiger partial charge >= 0.3 is 0 Å². The predicted octanol–water partition coefficient (Wildman–Crippen LogP) is 4.08.